The smallest absolute Gasteiger partial charge is 0.189 e. The SMILES string of the molecule is CSC(=Nc1ccccc1)N=C1CCCCCCN1C. The highest BCUT2D eigenvalue weighted by molar-refractivity contribution is 8.13. The molecule has 1 saturated heterocycles. The van der Waals surface area contributed by atoms with Gasteiger partial charge < -0.3 is 4.90 Å². The van der Waals surface area contributed by atoms with Gasteiger partial charge >= 0.3 is 0 Å². The van der Waals surface area contributed by atoms with E-state index >= 15 is 0 Å². The minimum Gasteiger partial charge on any atom is -0.363 e. The van der Waals surface area contributed by atoms with Gasteiger partial charge in [0.25, 0.3) is 0 Å². The van der Waals surface area contributed by atoms with Crippen LogP contribution >= 0.6 is 11.8 Å². The van der Waals surface area contributed by atoms with Gasteiger partial charge in [0.1, 0.15) is 5.84 Å². The predicted octanol–water partition coefficient (Wildman–Crippen LogP) is 4.33. The summed E-state index contributed by atoms with van der Waals surface area (Å²) in [6.45, 7) is 1.10. The molecule has 1 aromatic carbocycles. The number of hydrogen-bond acceptors (Lipinski definition) is 2. The van der Waals surface area contributed by atoms with Crippen molar-refractivity contribution >= 4 is 28.5 Å². The minimum atomic E-state index is 0.846. The maximum atomic E-state index is 4.79. The summed E-state index contributed by atoms with van der Waals surface area (Å²) in [4.78, 5) is 11.7. The fourth-order valence-electron chi connectivity index (χ4n) is 2.29. The van der Waals surface area contributed by atoms with Gasteiger partial charge in [-0.15, -0.1) is 0 Å². The van der Waals surface area contributed by atoms with E-state index in [4.69, 9.17) is 4.99 Å². The predicted molar refractivity (Wildman–Crippen MR) is 90.2 cm³/mol. The van der Waals surface area contributed by atoms with E-state index in [0.717, 1.165) is 23.8 Å². The number of amidine groups is 2. The van der Waals surface area contributed by atoms with Crippen molar-refractivity contribution in [2.75, 3.05) is 19.8 Å². The lowest BCUT2D eigenvalue weighted by Gasteiger charge is -2.23. The van der Waals surface area contributed by atoms with Crippen molar-refractivity contribution in [1.82, 2.24) is 4.90 Å². The second-order valence-electron chi connectivity index (χ2n) is 5.05. The molecule has 0 unspecified atom stereocenters. The lowest BCUT2D eigenvalue weighted by Crippen LogP contribution is -2.29. The molecule has 0 bridgehead atoms. The zero-order valence-corrected chi connectivity index (χ0v) is 13.2. The van der Waals surface area contributed by atoms with Gasteiger partial charge in [-0.2, -0.15) is 0 Å². The normalized spacial score (nSPS) is 19.8. The highest BCUT2D eigenvalue weighted by atomic mass is 32.2. The van der Waals surface area contributed by atoms with Gasteiger partial charge in [-0.05, 0) is 31.2 Å². The van der Waals surface area contributed by atoms with Gasteiger partial charge in [0, 0.05) is 20.0 Å². The average Bonchev–Trinajstić information content (AvgIpc) is 2.47. The van der Waals surface area contributed by atoms with Crippen LogP contribution in [0.3, 0.4) is 0 Å². The molecule has 2 rings (SSSR count). The summed E-state index contributed by atoms with van der Waals surface area (Å²) in [6, 6.07) is 10.0. The third-order valence-electron chi connectivity index (χ3n) is 3.47. The standard InChI is InChI=1S/C16H23N3S/c1-19-13-9-4-3-8-12-15(19)18-16(20-2)17-14-10-6-5-7-11-14/h5-7,10-11H,3-4,8-9,12-13H2,1-2H3. The minimum absolute atomic E-state index is 0.846. The quantitative estimate of drug-likeness (QED) is 0.568. The molecule has 3 nitrogen and oxygen atoms in total. The van der Waals surface area contributed by atoms with Crippen LogP contribution < -0.4 is 0 Å². The molecule has 0 aliphatic carbocycles. The Morgan fingerprint density at radius 3 is 2.60 bits per heavy atom. The van der Waals surface area contributed by atoms with E-state index in [2.05, 4.69) is 16.9 Å². The molecule has 1 aromatic rings. The summed E-state index contributed by atoms with van der Waals surface area (Å²) in [5.41, 5.74) is 0.967. The summed E-state index contributed by atoms with van der Waals surface area (Å²) in [5, 5.41) is 0.846. The van der Waals surface area contributed by atoms with E-state index in [9.17, 15) is 0 Å². The summed E-state index contributed by atoms with van der Waals surface area (Å²) >= 11 is 1.61. The lowest BCUT2D eigenvalue weighted by molar-refractivity contribution is 0.440. The number of rotatable bonds is 1. The number of thioether (sulfide) groups is 1. The fourth-order valence-corrected chi connectivity index (χ4v) is 2.68. The van der Waals surface area contributed by atoms with Crippen LogP contribution in [0, 0.1) is 0 Å². The zero-order valence-electron chi connectivity index (χ0n) is 12.4. The first kappa shape index (κ1) is 15.1. The molecule has 1 heterocycles. The molecule has 20 heavy (non-hydrogen) atoms. The Morgan fingerprint density at radius 1 is 1.10 bits per heavy atom. The molecule has 0 N–H and O–H groups in total. The molecule has 0 saturated carbocycles. The number of hydrogen-bond donors (Lipinski definition) is 0. The third kappa shape index (κ3) is 4.67. The van der Waals surface area contributed by atoms with Crippen LogP contribution in [-0.2, 0) is 0 Å². The van der Waals surface area contributed by atoms with Crippen molar-refractivity contribution in [3.63, 3.8) is 0 Å². The molecule has 1 aliphatic heterocycles. The molecule has 0 radical (unpaired) electrons. The number of likely N-dealkylation sites (tertiary alicyclic amines) is 1. The van der Waals surface area contributed by atoms with Crippen LogP contribution in [0.4, 0.5) is 5.69 Å². The Morgan fingerprint density at radius 2 is 1.85 bits per heavy atom. The van der Waals surface area contributed by atoms with Crippen LogP contribution in [0.2, 0.25) is 0 Å². The maximum absolute atomic E-state index is 4.79. The molecule has 1 fully saturated rings. The molecule has 0 aromatic heterocycles. The van der Waals surface area contributed by atoms with Gasteiger partial charge in [-0.25, -0.2) is 9.98 Å². The number of benzene rings is 1. The molecule has 4 heteroatoms. The van der Waals surface area contributed by atoms with Crippen molar-refractivity contribution in [1.29, 1.82) is 0 Å². The fraction of sp³-hybridized carbons (Fsp3) is 0.500. The largest absolute Gasteiger partial charge is 0.363 e. The summed E-state index contributed by atoms with van der Waals surface area (Å²) < 4.78 is 0. The second kappa shape index (κ2) is 8.10. The van der Waals surface area contributed by atoms with E-state index < -0.39 is 0 Å². The maximum Gasteiger partial charge on any atom is 0.189 e. The molecule has 108 valence electrons. The Bertz CT molecular complexity index is 468. The first-order valence-corrected chi connectivity index (χ1v) is 8.48. The monoisotopic (exact) mass is 289 g/mol. The van der Waals surface area contributed by atoms with Crippen molar-refractivity contribution in [3.8, 4) is 0 Å². The molecule has 0 spiro atoms. The first-order chi connectivity index (χ1) is 9.79. The summed E-state index contributed by atoms with van der Waals surface area (Å²) in [7, 11) is 2.14. The molecular formula is C16H23N3S. The third-order valence-corrected chi connectivity index (χ3v) is 4.02. The highest BCUT2D eigenvalue weighted by Crippen LogP contribution is 2.16. The highest BCUT2D eigenvalue weighted by Gasteiger charge is 2.11. The van der Waals surface area contributed by atoms with Crippen molar-refractivity contribution in [2.45, 2.75) is 32.1 Å². The van der Waals surface area contributed by atoms with Gasteiger partial charge in [-0.3, -0.25) is 0 Å². The topological polar surface area (TPSA) is 28.0 Å². The second-order valence-corrected chi connectivity index (χ2v) is 5.82. The zero-order chi connectivity index (χ0) is 14.2. The van der Waals surface area contributed by atoms with Crippen molar-refractivity contribution in [3.05, 3.63) is 30.3 Å². The number of para-hydroxylation sites is 1. The van der Waals surface area contributed by atoms with Gasteiger partial charge in [0.15, 0.2) is 5.17 Å². The number of nitrogens with zero attached hydrogens (tertiary/aromatic N) is 3. The van der Waals surface area contributed by atoms with E-state index in [1.165, 1.54) is 31.5 Å². The molecule has 0 atom stereocenters. The van der Waals surface area contributed by atoms with E-state index in [-0.39, 0.29) is 0 Å². The van der Waals surface area contributed by atoms with E-state index in [1.807, 2.05) is 36.6 Å². The van der Waals surface area contributed by atoms with Crippen molar-refractivity contribution < 1.29 is 0 Å². The van der Waals surface area contributed by atoms with Gasteiger partial charge in [0.05, 0.1) is 5.69 Å². The molecule has 0 amide bonds. The first-order valence-electron chi connectivity index (χ1n) is 7.26. The molecule has 1 aliphatic rings. The Labute approximate surface area is 126 Å². The van der Waals surface area contributed by atoms with Crippen molar-refractivity contribution in [2.24, 2.45) is 9.98 Å². The van der Waals surface area contributed by atoms with Crippen LogP contribution in [0.1, 0.15) is 32.1 Å². The van der Waals surface area contributed by atoms with Crippen LogP contribution in [0.25, 0.3) is 0 Å². The Balaban J connectivity index is 2.17. The van der Waals surface area contributed by atoms with Gasteiger partial charge in [-0.1, -0.05) is 42.8 Å². The van der Waals surface area contributed by atoms with Crippen LogP contribution in [0.5, 0.6) is 0 Å². The van der Waals surface area contributed by atoms with Crippen LogP contribution in [0.15, 0.2) is 40.3 Å². The van der Waals surface area contributed by atoms with Crippen LogP contribution in [-0.4, -0.2) is 35.8 Å². The molecular weight excluding hydrogens is 266 g/mol. The van der Waals surface area contributed by atoms with E-state index in [1.54, 1.807) is 11.8 Å². The van der Waals surface area contributed by atoms with Gasteiger partial charge in [0.2, 0.25) is 0 Å². The number of aliphatic imine (C=N–C) groups is 2. The summed E-state index contributed by atoms with van der Waals surface area (Å²) in [5.74, 6) is 1.17. The lowest BCUT2D eigenvalue weighted by atomic mass is 10.1. The summed E-state index contributed by atoms with van der Waals surface area (Å²) in [6.07, 6.45) is 8.25. The average molecular weight is 289 g/mol. The Kier molecular flexibility index (Phi) is 6.12. The van der Waals surface area contributed by atoms with E-state index in [0.29, 0.717) is 0 Å². The Hall–Kier alpha value is -1.29.